The van der Waals surface area contributed by atoms with Gasteiger partial charge in [0.05, 0.1) is 7.11 Å². The van der Waals surface area contributed by atoms with Crippen molar-refractivity contribution in [2.45, 2.75) is 17.7 Å². The number of carbonyl (C=O) groups excluding carboxylic acids is 1. The molecule has 0 saturated heterocycles. The van der Waals surface area contributed by atoms with E-state index >= 15 is 0 Å². The van der Waals surface area contributed by atoms with Gasteiger partial charge in [0.15, 0.2) is 0 Å². The van der Waals surface area contributed by atoms with Crippen LogP contribution in [0.2, 0.25) is 0 Å². The van der Waals surface area contributed by atoms with Gasteiger partial charge in [0, 0.05) is 21.8 Å². The first-order valence-electron chi connectivity index (χ1n) is 7.66. The zero-order valence-electron chi connectivity index (χ0n) is 13.5. The van der Waals surface area contributed by atoms with E-state index in [4.69, 9.17) is 4.74 Å². The number of hydrogen-bond acceptors (Lipinski definition) is 4. The average Bonchev–Trinajstić information content (AvgIpc) is 3.41. The fourth-order valence-electron chi connectivity index (χ4n) is 2.28. The monoisotopic (exact) mass is 424 g/mol. The Balaban J connectivity index is 1.76. The quantitative estimate of drug-likeness (QED) is 0.741. The van der Waals surface area contributed by atoms with E-state index in [0.717, 1.165) is 12.8 Å². The fraction of sp³-hybridized carbons (Fsp3) is 0.235. The van der Waals surface area contributed by atoms with Crippen LogP contribution >= 0.6 is 15.9 Å². The topological polar surface area (TPSA) is 84.5 Å². The van der Waals surface area contributed by atoms with Gasteiger partial charge in [-0.3, -0.25) is 9.52 Å². The largest absolute Gasteiger partial charge is 0.495 e. The summed E-state index contributed by atoms with van der Waals surface area (Å²) >= 11 is 3.26. The van der Waals surface area contributed by atoms with Crippen molar-refractivity contribution in [3.8, 4) is 5.75 Å². The normalized spacial score (nSPS) is 14.0. The number of amides is 1. The summed E-state index contributed by atoms with van der Waals surface area (Å²) in [6.07, 6.45) is 1.86. The Bertz CT molecular complexity index is 893. The molecule has 1 aliphatic carbocycles. The zero-order valence-corrected chi connectivity index (χ0v) is 15.9. The van der Waals surface area contributed by atoms with Crippen molar-refractivity contribution in [3.63, 3.8) is 0 Å². The molecule has 6 nitrogen and oxygen atoms in total. The van der Waals surface area contributed by atoms with E-state index in [1.165, 1.54) is 13.2 Å². The molecule has 1 amide bonds. The molecule has 0 bridgehead atoms. The summed E-state index contributed by atoms with van der Waals surface area (Å²) in [7, 11) is -2.39. The van der Waals surface area contributed by atoms with Gasteiger partial charge >= 0.3 is 0 Å². The summed E-state index contributed by atoms with van der Waals surface area (Å²) in [5.74, 6) is 0.374. The second kappa shape index (κ2) is 7.05. The van der Waals surface area contributed by atoms with Crippen molar-refractivity contribution < 1.29 is 17.9 Å². The lowest BCUT2D eigenvalue weighted by Gasteiger charge is -2.12. The third-order valence-electron chi connectivity index (χ3n) is 3.77. The Kier molecular flexibility index (Phi) is 5.01. The number of hydrogen-bond donors (Lipinski definition) is 2. The number of nitrogens with one attached hydrogen (secondary N) is 2. The molecular weight excluding hydrogens is 408 g/mol. The van der Waals surface area contributed by atoms with E-state index < -0.39 is 10.0 Å². The molecule has 132 valence electrons. The van der Waals surface area contributed by atoms with Gasteiger partial charge in [-0.2, -0.15) is 0 Å². The first-order valence-corrected chi connectivity index (χ1v) is 9.94. The molecule has 0 unspecified atom stereocenters. The molecule has 0 atom stereocenters. The van der Waals surface area contributed by atoms with Crippen LogP contribution in [-0.2, 0) is 14.8 Å². The van der Waals surface area contributed by atoms with Crippen LogP contribution in [0.15, 0.2) is 51.8 Å². The van der Waals surface area contributed by atoms with Gasteiger partial charge in [0.2, 0.25) is 5.91 Å². The van der Waals surface area contributed by atoms with Crippen molar-refractivity contribution in [3.05, 3.63) is 46.9 Å². The molecule has 1 aliphatic rings. The van der Waals surface area contributed by atoms with Crippen LogP contribution in [0.1, 0.15) is 12.8 Å². The Morgan fingerprint density at radius 1 is 1.12 bits per heavy atom. The maximum Gasteiger partial charge on any atom is 0.265 e. The predicted molar refractivity (Wildman–Crippen MR) is 99.3 cm³/mol. The van der Waals surface area contributed by atoms with Crippen molar-refractivity contribution in [2.75, 3.05) is 17.1 Å². The van der Waals surface area contributed by atoms with Gasteiger partial charge < -0.3 is 10.1 Å². The minimum absolute atomic E-state index is 0.00667. The van der Waals surface area contributed by atoms with Crippen LogP contribution in [0.4, 0.5) is 11.4 Å². The Morgan fingerprint density at radius 2 is 1.76 bits per heavy atom. The van der Waals surface area contributed by atoms with Crippen LogP contribution in [0.25, 0.3) is 0 Å². The predicted octanol–water partition coefficient (Wildman–Crippen LogP) is 3.61. The third kappa shape index (κ3) is 4.32. The van der Waals surface area contributed by atoms with E-state index in [1.54, 1.807) is 36.4 Å². The highest BCUT2D eigenvalue weighted by Gasteiger charge is 2.29. The SMILES string of the molecule is COc1ccc(Br)cc1S(=O)(=O)Nc1ccc(NC(=O)C2CC2)cc1. The highest BCUT2D eigenvalue weighted by Crippen LogP contribution is 2.31. The number of rotatable bonds is 6. The second-order valence-corrected chi connectivity index (χ2v) is 8.31. The highest BCUT2D eigenvalue weighted by atomic mass is 79.9. The zero-order chi connectivity index (χ0) is 18.0. The molecule has 1 saturated carbocycles. The van der Waals surface area contributed by atoms with Crippen LogP contribution < -0.4 is 14.8 Å². The number of carbonyl (C=O) groups is 1. The molecule has 1 fully saturated rings. The molecule has 0 radical (unpaired) electrons. The summed E-state index contributed by atoms with van der Waals surface area (Å²) in [6, 6.07) is 11.3. The molecule has 0 spiro atoms. The molecule has 2 N–H and O–H groups in total. The first-order chi connectivity index (χ1) is 11.9. The number of sulfonamides is 1. The summed E-state index contributed by atoms with van der Waals surface area (Å²) in [6.45, 7) is 0. The lowest BCUT2D eigenvalue weighted by Crippen LogP contribution is -2.15. The molecular formula is C17H17BrN2O4S. The molecule has 0 heterocycles. The molecule has 3 rings (SSSR count). The Hall–Kier alpha value is -2.06. The summed E-state index contributed by atoms with van der Waals surface area (Å²) < 4.78 is 33.5. The van der Waals surface area contributed by atoms with Crippen molar-refractivity contribution in [2.24, 2.45) is 5.92 Å². The average molecular weight is 425 g/mol. The lowest BCUT2D eigenvalue weighted by atomic mass is 10.2. The maximum absolute atomic E-state index is 12.6. The minimum Gasteiger partial charge on any atom is -0.495 e. The van der Waals surface area contributed by atoms with Crippen molar-refractivity contribution >= 4 is 43.2 Å². The summed E-state index contributed by atoms with van der Waals surface area (Å²) in [5, 5.41) is 2.81. The smallest absolute Gasteiger partial charge is 0.265 e. The summed E-state index contributed by atoms with van der Waals surface area (Å²) in [4.78, 5) is 11.8. The van der Waals surface area contributed by atoms with E-state index in [0.29, 0.717) is 15.8 Å². The van der Waals surface area contributed by atoms with Gasteiger partial charge in [-0.1, -0.05) is 15.9 Å². The van der Waals surface area contributed by atoms with E-state index in [-0.39, 0.29) is 22.5 Å². The standard InChI is InChI=1S/C17H17BrN2O4S/c1-24-15-9-4-12(18)10-16(15)25(22,23)20-14-7-5-13(6-8-14)19-17(21)11-2-3-11/h4-11,20H,2-3H2,1H3,(H,19,21). The van der Waals surface area contributed by atoms with Crippen LogP contribution in [0, 0.1) is 5.92 Å². The van der Waals surface area contributed by atoms with Gasteiger partial charge in [-0.15, -0.1) is 0 Å². The molecule has 2 aromatic carbocycles. The molecule has 25 heavy (non-hydrogen) atoms. The Labute approximate surface area is 154 Å². The van der Waals surface area contributed by atoms with Crippen LogP contribution in [0.5, 0.6) is 5.75 Å². The number of benzene rings is 2. The van der Waals surface area contributed by atoms with Gasteiger partial charge in [-0.05, 0) is 55.3 Å². The molecule has 0 aliphatic heterocycles. The number of anilines is 2. The molecule has 2 aromatic rings. The van der Waals surface area contributed by atoms with Crippen molar-refractivity contribution in [1.29, 1.82) is 0 Å². The van der Waals surface area contributed by atoms with Crippen LogP contribution in [0.3, 0.4) is 0 Å². The van der Waals surface area contributed by atoms with Gasteiger partial charge in [0.25, 0.3) is 10.0 Å². The highest BCUT2D eigenvalue weighted by molar-refractivity contribution is 9.10. The summed E-state index contributed by atoms with van der Waals surface area (Å²) in [5.41, 5.74) is 1.03. The second-order valence-electron chi connectivity index (χ2n) is 5.74. The third-order valence-corrected chi connectivity index (χ3v) is 5.66. The molecule has 0 aromatic heterocycles. The maximum atomic E-state index is 12.6. The number of methoxy groups -OCH3 is 1. The van der Waals surface area contributed by atoms with Gasteiger partial charge in [0.1, 0.15) is 10.6 Å². The lowest BCUT2D eigenvalue weighted by molar-refractivity contribution is -0.117. The number of ether oxygens (including phenoxy) is 1. The Morgan fingerprint density at radius 3 is 2.36 bits per heavy atom. The van der Waals surface area contributed by atoms with E-state index in [2.05, 4.69) is 26.0 Å². The van der Waals surface area contributed by atoms with E-state index in [9.17, 15) is 13.2 Å². The van der Waals surface area contributed by atoms with E-state index in [1.807, 2.05) is 0 Å². The first kappa shape index (κ1) is 17.8. The van der Waals surface area contributed by atoms with Crippen LogP contribution in [-0.4, -0.2) is 21.4 Å². The number of halogens is 1. The molecule has 8 heteroatoms. The minimum atomic E-state index is -3.81. The fourth-order valence-corrected chi connectivity index (χ4v) is 4.05. The van der Waals surface area contributed by atoms with Crippen molar-refractivity contribution in [1.82, 2.24) is 0 Å². The van der Waals surface area contributed by atoms with Gasteiger partial charge in [-0.25, -0.2) is 8.42 Å².